The summed E-state index contributed by atoms with van der Waals surface area (Å²) in [6, 6.07) is 22.7. The molecule has 1 amide bonds. The molecule has 0 radical (unpaired) electrons. The molecular formula is C20H17NO3S. The van der Waals surface area contributed by atoms with Crippen LogP contribution in [0.1, 0.15) is 6.42 Å². The second-order valence-electron chi connectivity index (χ2n) is 5.57. The standard InChI is InChI=1S/C20H17NO3S/c22-19(21-16-8-2-1-3-9-16)13-18(20(23)24)25-17-11-10-14-6-4-5-7-15(14)12-17/h1-12,18H,13H2,(H,21,22)(H,23,24)/t18-/m0/s1. The molecule has 5 heteroatoms. The van der Waals surface area contributed by atoms with Crippen LogP contribution in [0.2, 0.25) is 0 Å². The number of hydrogen-bond acceptors (Lipinski definition) is 3. The highest BCUT2D eigenvalue weighted by atomic mass is 32.2. The first-order valence-corrected chi connectivity index (χ1v) is 8.73. The smallest absolute Gasteiger partial charge is 0.317 e. The Hall–Kier alpha value is -2.79. The highest BCUT2D eigenvalue weighted by molar-refractivity contribution is 8.00. The Labute approximate surface area is 149 Å². The molecule has 0 saturated heterocycles. The van der Waals surface area contributed by atoms with Gasteiger partial charge in [-0.3, -0.25) is 9.59 Å². The molecule has 0 aliphatic rings. The Morgan fingerprint density at radius 1 is 0.920 bits per heavy atom. The van der Waals surface area contributed by atoms with Crippen molar-refractivity contribution in [3.63, 3.8) is 0 Å². The fourth-order valence-corrected chi connectivity index (χ4v) is 3.49. The maximum Gasteiger partial charge on any atom is 0.317 e. The summed E-state index contributed by atoms with van der Waals surface area (Å²) in [6.45, 7) is 0. The van der Waals surface area contributed by atoms with E-state index in [1.54, 1.807) is 12.1 Å². The molecule has 25 heavy (non-hydrogen) atoms. The fraction of sp³-hybridized carbons (Fsp3) is 0.100. The lowest BCUT2D eigenvalue weighted by Gasteiger charge is -2.13. The van der Waals surface area contributed by atoms with E-state index in [4.69, 9.17) is 0 Å². The zero-order chi connectivity index (χ0) is 17.6. The Morgan fingerprint density at radius 2 is 1.60 bits per heavy atom. The van der Waals surface area contributed by atoms with E-state index in [-0.39, 0.29) is 12.3 Å². The Balaban J connectivity index is 1.70. The molecule has 3 rings (SSSR count). The van der Waals surface area contributed by atoms with Crippen molar-refractivity contribution in [1.82, 2.24) is 0 Å². The number of carboxylic acid groups (broad SMARTS) is 1. The van der Waals surface area contributed by atoms with Gasteiger partial charge < -0.3 is 10.4 Å². The zero-order valence-corrected chi connectivity index (χ0v) is 14.2. The van der Waals surface area contributed by atoms with Crippen LogP contribution >= 0.6 is 11.8 Å². The Bertz CT molecular complexity index is 896. The number of benzene rings is 3. The average molecular weight is 351 g/mol. The number of anilines is 1. The van der Waals surface area contributed by atoms with Crippen molar-refractivity contribution < 1.29 is 14.7 Å². The molecule has 0 spiro atoms. The Morgan fingerprint density at radius 3 is 2.32 bits per heavy atom. The first-order chi connectivity index (χ1) is 12.1. The van der Waals surface area contributed by atoms with Crippen molar-refractivity contribution in [1.29, 1.82) is 0 Å². The SMILES string of the molecule is O=C(C[C@H](Sc1ccc2ccccc2c1)C(=O)O)Nc1ccccc1. The van der Waals surface area contributed by atoms with Crippen LogP contribution in [0.15, 0.2) is 77.7 Å². The topological polar surface area (TPSA) is 66.4 Å². The maximum absolute atomic E-state index is 12.1. The predicted molar refractivity (Wildman–Crippen MR) is 101 cm³/mol. The van der Waals surface area contributed by atoms with Crippen molar-refractivity contribution in [3.8, 4) is 0 Å². The van der Waals surface area contributed by atoms with Gasteiger partial charge in [0.25, 0.3) is 0 Å². The number of amides is 1. The van der Waals surface area contributed by atoms with Crippen LogP contribution in [0, 0.1) is 0 Å². The monoisotopic (exact) mass is 351 g/mol. The molecule has 3 aromatic rings. The fourth-order valence-electron chi connectivity index (χ4n) is 2.49. The van der Waals surface area contributed by atoms with Crippen molar-refractivity contribution >= 4 is 40.1 Å². The second-order valence-corrected chi connectivity index (χ2v) is 6.85. The van der Waals surface area contributed by atoms with E-state index >= 15 is 0 Å². The van der Waals surface area contributed by atoms with Crippen LogP contribution in [0.3, 0.4) is 0 Å². The summed E-state index contributed by atoms with van der Waals surface area (Å²) in [4.78, 5) is 24.5. The zero-order valence-electron chi connectivity index (χ0n) is 13.4. The molecule has 0 bridgehead atoms. The number of aliphatic carboxylic acids is 1. The molecule has 0 aliphatic heterocycles. The van der Waals surface area contributed by atoms with Crippen LogP contribution in [-0.4, -0.2) is 22.2 Å². The summed E-state index contributed by atoms with van der Waals surface area (Å²) < 4.78 is 0. The highest BCUT2D eigenvalue weighted by Gasteiger charge is 2.22. The number of carbonyl (C=O) groups is 2. The van der Waals surface area contributed by atoms with Crippen molar-refractivity contribution in [3.05, 3.63) is 72.8 Å². The largest absolute Gasteiger partial charge is 0.480 e. The highest BCUT2D eigenvalue weighted by Crippen LogP contribution is 2.29. The summed E-state index contributed by atoms with van der Waals surface area (Å²) in [5.74, 6) is -1.31. The van der Waals surface area contributed by atoms with Gasteiger partial charge in [-0.25, -0.2) is 0 Å². The predicted octanol–water partition coefficient (Wildman–Crippen LogP) is 4.41. The van der Waals surface area contributed by atoms with E-state index < -0.39 is 11.2 Å². The molecule has 0 heterocycles. The molecule has 4 nitrogen and oxygen atoms in total. The molecule has 0 aliphatic carbocycles. The van der Waals surface area contributed by atoms with Crippen molar-refractivity contribution in [2.75, 3.05) is 5.32 Å². The third-order valence-electron chi connectivity index (χ3n) is 3.70. The number of fused-ring (bicyclic) bond motifs is 1. The van der Waals surface area contributed by atoms with E-state index in [1.165, 1.54) is 11.8 Å². The van der Waals surface area contributed by atoms with E-state index in [0.717, 1.165) is 15.7 Å². The molecule has 0 aromatic heterocycles. The van der Waals surface area contributed by atoms with Gasteiger partial charge in [0.2, 0.25) is 5.91 Å². The second kappa shape index (κ2) is 7.85. The third kappa shape index (κ3) is 4.61. The molecule has 0 saturated carbocycles. The minimum atomic E-state index is -0.999. The molecule has 2 N–H and O–H groups in total. The lowest BCUT2D eigenvalue weighted by Crippen LogP contribution is -2.24. The number of rotatable bonds is 6. The normalized spacial score (nSPS) is 11.8. The van der Waals surface area contributed by atoms with Gasteiger partial charge >= 0.3 is 5.97 Å². The van der Waals surface area contributed by atoms with E-state index in [9.17, 15) is 14.7 Å². The summed E-state index contributed by atoms with van der Waals surface area (Å²) in [5.41, 5.74) is 0.660. The quantitative estimate of drug-likeness (QED) is 0.646. The van der Waals surface area contributed by atoms with Gasteiger partial charge in [-0.05, 0) is 35.0 Å². The van der Waals surface area contributed by atoms with Crippen LogP contribution in [0.5, 0.6) is 0 Å². The first-order valence-electron chi connectivity index (χ1n) is 7.85. The molecule has 1 atom stereocenters. The van der Waals surface area contributed by atoms with Crippen molar-refractivity contribution in [2.45, 2.75) is 16.6 Å². The average Bonchev–Trinajstić information content (AvgIpc) is 2.62. The Kier molecular flexibility index (Phi) is 5.36. The van der Waals surface area contributed by atoms with Crippen LogP contribution in [0.4, 0.5) is 5.69 Å². The van der Waals surface area contributed by atoms with Crippen LogP contribution < -0.4 is 5.32 Å². The molecule has 0 fully saturated rings. The van der Waals surface area contributed by atoms with E-state index in [1.807, 2.05) is 60.7 Å². The van der Waals surface area contributed by atoms with Gasteiger partial charge in [0, 0.05) is 17.0 Å². The number of thioether (sulfide) groups is 1. The van der Waals surface area contributed by atoms with E-state index in [2.05, 4.69) is 5.32 Å². The number of carboxylic acids is 1. The molecule has 3 aromatic carbocycles. The van der Waals surface area contributed by atoms with Crippen LogP contribution in [0.25, 0.3) is 10.8 Å². The number of hydrogen-bond donors (Lipinski definition) is 2. The summed E-state index contributed by atoms with van der Waals surface area (Å²) in [6.07, 6.45) is -0.0955. The first kappa shape index (κ1) is 17.0. The minimum absolute atomic E-state index is 0.0955. The lowest BCUT2D eigenvalue weighted by atomic mass is 10.1. The number of carbonyl (C=O) groups excluding carboxylic acids is 1. The lowest BCUT2D eigenvalue weighted by molar-refractivity contribution is -0.137. The van der Waals surface area contributed by atoms with Crippen LogP contribution in [-0.2, 0) is 9.59 Å². The third-order valence-corrected chi connectivity index (χ3v) is 4.88. The maximum atomic E-state index is 12.1. The van der Waals surface area contributed by atoms with Gasteiger partial charge in [0.1, 0.15) is 5.25 Å². The van der Waals surface area contributed by atoms with Gasteiger partial charge in [-0.1, -0.05) is 48.5 Å². The summed E-state index contributed by atoms with van der Waals surface area (Å²) in [7, 11) is 0. The minimum Gasteiger partial charge on any atom is -0.480 e. The number of para-hydroxylation sites is 1. The van der Waals surface area contributed by atoms with E-state index in [0.29, 0.717) is 5.69 Å². The van der Waals surface area contributed by atoms with Gasteiger partial charge in [-0.15, -0.1) is 11.8 Å². The molecular weight excluding hydrogens is 334 g/mol. The summed E-state index contributed by atoms with van der Waals surface area (Å²) in [5, 5.41) is 13.5. The van der Waals surface area contributed by atoms with Gasteiger partial charge in [0.15, 0.2) is 0 Å². The van der Waals surface area contributed by atoms with Crippen molar-refractivity contribution in [2.24, 2.45) is 0 Å². The molecule has 126 valence electrons. The van der Waals surface area contributed by atoms with Gasteiger partial charge in [-0.2, -0.15) is 0 Å². The summed E-state index contributed by atoms with van der Waals surface area (Å²) >= 11 is 1.19. The van der Waals surface area contributed by atoms with Gasteiger partial charge in [0.05, 0.1) is 0 Å². The number of nitrogens with one attached hydrogen (secondary N) is 1. The molecule has 0 unspecified atom stereocenters.